The molecular weight excluding hydrogens is 450 g/mol. The van der Waals surface area contributed by atoms with E-state index in [-0.39, 0.29) is 24.5 Å². The third-order valence-electron chi connectivity index (χ3n) is 4.21. The van der Waals surface area contributed by atoms with Crippen molar-refractivity contribution in [2.24, 2.45) is 4.99 Å². The first-order chi connectivity index (χ1) is 15.5. The van der Waals surface area contributed by atoms with E-state index in [1.54, 1.807) is 37.3 Å². The summed E-state index contributed by atoms with van der Waals surface area (Å²) in [5.41, 5.74) is 1.28. The third-order valence-corrected chi connectivity index (χ3v) is 5.51. The lowest BCUT2D eigenvalue weighted by Gasteiger charge is -2.12. The molecular formula is C24H20ClNO5S. The number of aliphatic imine (C=N–C) groups is 1. The molecule has 0 aliphatic carbocycles. The summed E-state index contributed by atoms with van der Waals surface area (Å²) in [7, 11) is 1.48. The molecule has 1 N–H and O–H groups in total. The SMILES string of the molecule is C#CCOc1c(Cl)cc(/C=C2\SC(=Nc3ccccc3)C(C(=O)OCC)=C2O)cc1OC. The van der Waals surface area contributed by atoms with Gasteiger partial charge in [-0.3, -0.25) is 0 Å². The fraction of sp³-hybridized carbons (Fsp3) is 0.167. The molecule has 8 heteroatoms. The molecule has 164 valence electrons. The first-order valence-electron chi connectivity index (χ1n) is 9.56. The number of hydrogen-bond acceptors (Lipinski definition) is 7. The first kappa shape index (κ1) is 23.3. The van der Waals surface area contributed by atoms with Crippen LogP contribution in [-0.4, -0.2) is 36.4 Å². The molecule has 0 saturated heterocycles. The Morgan fingerprint density at radius 2 is 2.06 bits per heavy atom. The van der Waals surface area contributed by atoms with E-state index in [1.807, 2.05) is 18.2 Å². The van der Waals surface area contributed by atoms with Crippen molar-refractivity contribution in [3.63, 3.8) is 0 Å². The molecule has 1 aliphatic rings. The third kappa shape index (κ3) is 5.28. The highest BCUT2D eigenvalue weighted by atomic mass is 35.5. The van der Waals surface area contributed by atoms with Crippen LogP contribution in [-0.2, 0) is 9.53 Å². The van der Waals surface area contributed by atoms with Crippen LogP contribution in [0.25, 0.3) is 6.08 Å². The van der Waals surface area contributed by atoms with Gasteiger partial charge in [-0.15, -0.1) is 6.42 Å². The van der Waals surface area contributed by atoms with Crippen LogP contribution >= 0.6 is 23.4 Å². The summed E-state index contributed by atoms with van der Waals surface area (Å²) in [4.78, 5) is 17.4. The van der Waals surface area contributed by atoms with Crippen molar-refractivity contribution in [3.05, 3.63) is 69.3 Å². The Hall–Kier alpha value is -3.34. The van der Waals surface area contributed by atoms with Crippen molar-refractivity contribution < 1.29 is 24.1 Å². The zero-order chi connectivity index (χ0) is 23.1. The molecule has 0 radical (unpaired) electrons. The fourth-order valence-electron chi connectivity index (χ4n) is 2.84. The summed E-state index contributed by atoms with van der Waals surface area (Å²) in [5.74, 6) is 2.22. The van der Waals surface area contributed by atoms with Gasteiger partial charge in [0.05, 0.1) is 29.3 Å². The number of terminal acetylenes is 1. The lowest BCUT2D eigenvalue weighted by Crippen LogP contribution is -2.12. The maximum atomic E-state index is 12.5. The number of hydrogen-bond donors (Lipinski definition) is 1. The monoisotopic (exact) mass is 469 g/mol. The number of thioether (sulfide) groups is 1. The predicted octanol–water partition coefficient (Wildman–Crippen LogP) is 5.55. The van der Waals surface area contributed by atoms with E-state index in [0.29, 0.717) is 37.7 Å². The minimum Gasteiger partial charge on any atom is -0.506 e. The second kappa shape index (κ2) is 10.8. The molecule has 0 aromatic heterocycles. The molecule has 0 unspecified atom stereocenters. The van der Waals surface area contributed by atoms with Crippen molar-refractivity contribution in [2.75, 3.05) is 20.3 Å². The minimum atomic E-state index is -0.649. The van der Waals surface area contributed by atoms with Gasteiger partial charge in [0.2, 0.25) is 0 Å². The number of para-hydroxylation sites is 1. The average Bonchev–Trinajstić information content (AvgIpc) is 3.08. The second-order valence-corrected chi connectivity index (χ2v) is 7.77. The second-order valence-electron chi connectivity index (χ2n) is 6.33. The van der Waals surface area contributed by atoms with Crippen LogP contribution in [0.5, 0.6) is 11.5 Å². The van der Waals surface area contributed by atoms with Crippen molar-refractivity contribution in [1.82, 2.24) is 0 Å². The highest BCUT2D eigenvalue weighted by Gasteiger charge is 2.33. The number of halogens is 1. The molecule has 0 atom stereocenters. The van der Waals surface area contributed by atoms with E-state index < -0.39 is 5.97 Å². The van der Waals surface area contributed by atoms with Gasteiger partial charge in [0.25, 0.3) is 0 Å². The van der Waals surface area contributed by atoms with E-state index in [2.05, 4.69) is 10.9 Å². The summed E-state index contributed by atoms with van der Waals surface area (Å²) in [6.45, 7) is 1.91. The minimum absolute atomic E-state index is 0.0130. The Bertz CT molecular complexity index is 1150. The highest BCUT2D eigenvalue weighted by Crippen LogP contribution is 2.42. The van der Waals surface area contributed by atoms with E-state index in [4.69, 9.17) is 32.2 Å². The molecule has 0 bridgehead atoms. The van der Waals surface area contributed by atoms with Crippen LogP contribution in [0, 0.1) is 12.3 Å². The molecule has 32 heavy (non-hydrogen) atoms. The Morgan fingerprint density at radius 3 is 2.72 bits per heavy atom. The summed E-state index contributed by atoms with van der Waals surface area (Å²) >= 11 is 7.50. The van der Waals surface area contributed by atoms with E-state index in [1.165, 1.54) is 7.11 Å². The van der Waals surface area contributed by atoms with E-state index in [0.717, 1.165) is 11.8 Å². The number of carbonyl (C=O) groups is 1. The lowest BCUT2D eigenvalue weighted by atomic mass is 10.1. The molecule has 1 heterocycles. The number of nitrogens with zero attached hydrogens (tertiary/aromatic N) is 1. The number of esters is 1. The highest BCUT2D eigenvalue weighted by molar-refractivity contribution is 8.18. The van der Waals surface area contributed by atoms with Gasteiger partial charge < -0.3 is 19.3 Å². The molecule has 1 aliphatic heterocycles. The molecule has 3 rings (SSSR count). The number of ether oxygens (including phenoxy) is 3. The predicted molar refractivity (Wildman–Crippen MR) is 128 cm³/mol. The number of aliphatic hydroxyl groups excluding tert-OH is 1. The van der Waals surface area contributed by atoms with Crippen molar-refractivity contribution >= 4 is 46.1 Å². The van der Waals surface area contributed by atoms with Gasteiger partial charge in [-0.25, -0.2) is 9.79 Å². The molecule has 0 saturated carbocycles. The standard InChI is InChI=1S/C24H20ClNO5S/c1-4-11-31-22-17(25)12-15(13-18(22)29-3)14-19-21(27)20(24(28)30-5-2)23(32-19)26-16-9-7-6-8-10-16/h1,6-10,12-14,27H,5,11H2,2-3H3/b19-14-,26-23?. The van der Waals surface area contributed by atoms with Crippen LogP contribution in [0.4, 0.5) is 5.69 Å². The van der Waals surface area contributed by atoms with Crippen molar-refractivity contribution in [2.45, 2.75) is 6.92 Å². The summed E-state index contributed by atoms with van der Waals surface area (Å²) in [6.07, 6.45) is 6.92. The van der Waals surface area contributed by atoms with Crippen LogP contribution < -0.4 is 9.47 Å². The number of aliphatic hydroxyl groups is 1. The van der Waals surface area contributed by atoms with Gasteiger partial charge in [0.1, 0.15) is 23.0 Å². The summed E-state index contributed by atoms with van der Waals surface area (Å²) < 4.78 is 15.9. The summed E-state index contributed by atoms with van der Waals surface area (Å²) in [6, 6.07) is 12.5. The molecule has 2 aromatic carbocycles. The fourth-order valence-corrected chi connectivity index (χ4v) is 4.15. The summed E-state index contributed by atoms with van der Waals surface area (Å²) in [5, 5.41) is 11.5. The molecule has 2 aromatic rings. The van der Waals surface area contributed by atoms with Gasteiger partial charge in [0, 0.05) is 0 Å². The Labute approximate surface area is 195 Å². The van der Waals surface area contributed by atoms with E-state index >= 15 is 0 Å². The maximum Gasteiger partial charge on any atom is 0.344 e. The van der Waals surface area contributed by atoms with Crippen LogP contribution in [0.15, 0.2) is 63.7 Å². The van der Waals surface area contributed by atoms with Crippen molar-refractivity contribution in [3.8, 4) is 23.8 Å². The quantitative estimate of drug-likeness (QED) is 0.423. The van der Waals surface area contributed by atoms with E-state index in [9.17, 15) is 9.90 Å². The number of methoxy groups -OCH3 is 1. The average molecular weight is 470 g/mol. The van der Waals surface area contributed by atoms with Crippen LogP contribution in [0.3, 0.4) is 0 Å². The zero-order valence-electron chi connectivity index (χ0n) is 17.4. The Morgan fingerprint density at radius 1 is 1.31 bits per heavy atom. The van der Waals surface area contributed by atoms with Crippen molar-refractivity contribution in [1.29, 1.82) is 0 Å². The zero-order valence-corrected chi connectivity index (χ0v) is 19.0. The maximum absolute atomic E-state index is 12.5. The first-order valence-corrected chi connectivity index (χ1v) is 10.8. The van der Waals surface area contributed by atoms with Crippen LogP contribution in [0.2, 0.25) is 5.02 Å². The largest absolute Gasteiger partial charge is 0.506 e. The molecule has 6 nitrogen and oxygen atoms in total. The van der Waals surface area contributed by atoms with Gasteiger partial charge in [0.15, 0.2) is 11.5 Å². The van der Waals surface area contributed by atoms with Gasteiger partial charge in [-0.1, -0.05) is 47.5 Å². The number of carbonyl (C=O) groups excluding carboxylic acids is 1. The molecule has 0 fully saturated rings. The van der Waals surface area contributed by atoms with Gasteiger partial charge in [-0.2, -0.15) is 0 Å². The Kier molecular flexibility index (Phi) is 7.87. The molecule has 0 spiro atoms. The smallest absolute Gasteiger partial charge is 0.344 e. The number of rotatable bonds is 7. The molecule has 0 amide bonds. The van der Waals surface area contributed by atoms with Gasteiger partial charge >= 0.3 is 5.97 Å². The van der Waals surface area contributed by atoms with Gasteiger partial charge in [-0.05, 0) is 42.8 Å². The van der Waals surface area contributed by atoms with Crippen LogP contribution in [0.1, 0.15) is 12.5 Å². The Balaban J connectivity index is 2.04. The lowest BCUT2D eigenvalue weighted by molar-refractivity contribution is -0.138. The number of benzene rings is 2. The normalized spacial score (nSPS) is 15.7. The topological polar surface area (TPSA) is 77.4 Å².